The molecule has 0 fully saturated rings. The summed E-state index contributed by atoms with van der Waals surface area (Å²) in [4.78, 5) is 16.9. The van der Waals surface area contributed by atoms with Gasteiger partial charge in [-0.05, 0) is 31.5 Å². The average Bonchev–Trinajstić information content (AvgIpc) is 2.40. The fraction of sp³-hybridized carbons (Fsp3) is 0.385. The molecule has 0 aliphatic carbocycles. The summed E-state index contributed by atoms with van der Waals surface area (Å²) in [6.07, 6.45) is 0.697. The monoisotopic (exact) mass is 342 g/mol. The minimum absolute atomic E-state index is 0.0136. The molecule has 0 amide bonds. The van der Waals surface area contributed by atoms with Gasteiger partial charge in [-0.3, -0.25) is 9.36 Å². The van der Waals surface area contributed by atoms with Gasteiger partial charge < -0.3 is 5.11 Å². The molecule has 0 atom stereocenters. The quantitative estimate of drug-likeness (QED) is 0.515. The van der Waals surface area contributed by atoms with Crippen molar-refractivity contribution >= 4 is 38.6 Å². The maximum absolute atomic E-state index is 12.4. The topological polar surface area (TPSA) is 55.1 Å². The van der Waals surface area contributed by atoms with Gasteiger partial charge in [-0.2, -0.15) is 0 Å². The Morgan fingerprint density at radius 3 is 2.95 bits per heavy atom. The number of benzene rings is 1. The highest BCUT2D eigenvalue weighted by Crippen LogP contribution is 2.20. The van der Waals surface area contributed by atoms with Crippen molar-refractivity contribution in [1.82, 2.24) is 9.55 Å². The largest absolute Gasteiger partial charge is 0.396 e. The van der Waals surface area contributed by atoms with Gasteiger partial charge in [0, 0.05) is 23.4 Å². The second-order valence-electron chi connectivity index (χ2n) is 4.03. The Kier molecular flexibility index (Phi) is 5.01. The van der Waals surface area contributed by atoms with Gasteiger partial charge in [0.25, 0.3) is 5.56 Å². The van der Waals surface area contributed by atoms with E-state index in [2.05, 4.69) is 20.9 Å². The zero-order chi connectivity index (χ0) is 13.8. The molecule has 1 aromatic carbocycles. The molecule has 4 nitrogen and oxygen atoms in total. The summed E-state index contributed by atoms with van der Waals surface area (Å²) in [5.74, 6) is 0.755. The molecule has 0 aliphatic heterocycles. The van der Waals surface area contributed by atoms with E-state index in [4.69, 9.17) is 5.11 Å². The summed E-state index contributed by atoms with van der Waals surface area (Å²) in [6.45, 7) is 2.68. The Morgan fingerprint density at radius 1 is 1.47 bits per heavy atom. The summed E-state index contributed by atoms with van der Waals surface area (Å²) in [5, 5.41) is 10.2. The van der Waals surface area contributed by atoms with Crippen molar-refractivity contribution in [2.45, 2.75) is 25.0 Å². The highest BCUT2D eigenvalue weighted by molar-refractivity contribution is 9.10. The molecule has 1 aromatic heterocycles. The fourth-order valence-corrected chi connectivity index (χ4v) is 3.14. The molecule has 0 spiro atoms. The lowest BCUT2D eigenvalue weighted by molar-refractivity contribution is 0.296. The lowest BCUT2D eigenvalue weighted by Gasteiger charge is -2.11. The lowest BCUT2D eigenvalue weighted by atomic mass is 10.2. The number of rotatable bonds is 5. The van der Waals surface area contributed by atoms with Crippen LogP contribution in [-0.4, -0.2) is 27.0 Å². The van der Waals surface area contributed by atoms with E-state index in [1.807, 2.05) is 19.1 Å². The molecule has 0 aliphatic rings. The second-order valence-corrected chi connectivity index (χ2v) is 6.01. The molecule has 0 unspecified atom stereocenters. The molecule has 19 heavy (non-hydrogen) atoms. The molecule has 2 aromatic rings. The van der Waals surface area contributed by atoms with Gasteiger partial charge in [0.2, 0.25) is 0 Å². The number of aliphatic hydroxyl groups is 1. The highest BCUT2D eigenvalue weighted by atomic mass is 79.9. The number of hydrogen-bond acceptors (Lipinski definition) is 4. The van der Waals surface area contributed by atoms with E-state index < -0.39 is 0 Å². The van der Waals surface area contributed by atoms with E-state index in [1.54, 1.807) is 10.6 Å². The SMILES string of the molecule is CCn1c(SCCCO)nc2ccc(Br)cc2c1=O. The van der Waals surface area contributed by atoms with E-state index in [0.29, 0.717) is 23.9 Å². The van der Waals surface area contributed by atoms with E-state index >= 15 is 0 Å². The third-order valence-corrected chi connectivity index (χ3v) is 4.29. The molecule has 0 saturated heterocycles. The number of thioether (sulfide) groups is 1. The normalized spacial score (nSPS) is 11.1. The zero-order valence-corrected chi connectivity index (χ0v) is 13.0. The summed E-state index contributed by atoms with van der Waals surface area (Å²) >= 11 is 4.88. The van der Waals surface area contributed by atoms with E-state index in [1.165, 1.54) is 11.8 Å². The van der Waals surface area contributed by atoms with Crippen molar-refractivity contribution in [2.75, 3.05) is 12.4 Å². The van der Waals surface area contributed by atoms with Gasteiger partial charge in [-0.15, -0.1) is 0 Å². The van der Waals surface area contributed by atoms with Gasteiger partial charge in [0.05, 0.1) is 10.9 Å². The number of aliphatic hydroxyl groups excluding tert-OH is 1. The fourth-order valence-electron chi connectivity index (χ4n) is 1.79. The zero-order valence-electron chi connectivity index (χ0n) is 10.6. The van der Waals surface area contributed by atoms with Crippen LogP contribution >= 0.6 is 27.7 Å². The molecule has 1 heterocycles. The van der Waals surface area contributed by atoms with Crippen molar-refractivity contribution in [3.8, 4) is 0 Å². The number of halogens is 1. The Hall–Kier alpha value is -0.850. The van der Waals surface area contributed by atoms with E-state index in [9.17, 15) is 4.79 Å². The Morgan fingerprint density at radius 2 is 2.26 bits per heavy atom. The predicted molar refractivity (Wildman–Crippen MR) is 81.8 cm³/mol. The number of hydrogen-bond donors (Lipinski definition) is 1. The lowest BCUT2D eigenvalue weighted by Crippen LogP contribution is -2.22. The van der Waals surface area contributed by atoms with Crippen LogP contribution in [0.1, 0.15) is 13.3 Å². The molecule has 0 radical (unpaired) electrons. The minimum atomic E-state index is -0.0136. The van der Waals surface area contributed by atoms with Crippen LogP contribution in [0.25, 0.3) is 10.9 Å². The summed E-state index contributed by atoms with van der Waals surface area (Å²) < 4.78 is 2.55. The van der Waals surface area contributed by atoms with Crippen molar-refractivity contribution in [2.24, 2.45) is 0 Å². The van der Waals surface area contributed by atoms with Crippen LogP contribution in [-0.2, 0) is 6.54 Å². The van der Waals surface area contributed by atoms with Crippen LogP contribution < -0.4 is 5.56 Å². The summed E-state index contributed by atoms with van der Waals surface area (Å²) in [7, 11) is 0. The third kappa shape index (κ3) is 3.19. The van der Waals surface area contributed by atoms with Gasteiger partial charge in [-0.25, -0.2) is 4.98 Å². The maximum atomic E-state index is 12.4. The van der Waals surface area contributed by atoms with Crippen LogP contribution in [0.15, 0.2) is 32.6 Å². The van der Waals surface area contributed by atoms with E-state index in [-0.39, 0.29) is 12.2 Å². The number of fused-ring (bicyclic) bond motifs is 1. The number of aromatic nitrogens is 2. The number of nitrogens with zero attached hydrogens (tertiary/aromatic N) is 2. The van der Waals surface area contributed by atoms with Crippen LogP contribution in [0, 0.1) is 0 Å². The van der Waals surface area contributed by atoms with Gasteiger partial charge in [-0.1, -0.05) is 27.7 Å². The average molecular weight is 343 g/mol. The van der Waals surface area contributed by atoms with Crippen LogP contribution in [0.2, 0.25) is 0 Å². The maximum Gasteiger partial charge on any atom is 0.262 e. The first-order valence-electron chi connectivity index (χ1n) is 6.11. The predicted octanol–water partition coefficient (Wildman–Crippen LogP) is 2.65. The molecule has 0 saturated carbocycles. The first-order valence-corrected chi connectivity index (χ1v) is 7.89. The Balaban J connectivity index is 2.52. The minimum Gasteiger partial charge on any atom is -0.396 e. The van der Waals surface area contributed by atoms with Gasteiger partial charge in [0.15, 0.2) is 5.16 Å². The third-order valence-electron chi connectivity index (χ3n) is 2.73. The first-order chi connectivity index (χ1) is 9.17. The molecule has 102 valence electrons. The molecular weight excluding hydrogens is 328 g/mol. The van der Waals surface area contributed by atoms with Gasteiger partial charge >= 0.3 is 0 Å². The van der Waals surface area contributed by atoms with E-state index in [0.717, 1.165) is 15.4 Å². The smallest absolute Gasteiger partial charge is 0.262 e. The Labute approximate surface area is 124 Å². The first kappa shape index (κ1) is 14.6. The van der Waals surface area contributed by atoms with Crippen LogP contribution in [0.3, 0.4) is 0 Å². The van der Waals surface area contributed by atoms with Crippen molar-refractivity contribution in [3.63, 3.8) is 0 Å². The van der Waals surface area contributed by atoms with Crippen LogP contribution in [0.5, 0.6) is 0 Å². The molecule has 1 N–H and O–H groups in total. The highest BCUT2D eigenvalue weighted by Gasteiger charge is 2.10. The second kappa shape index (κ2) is 6.54. The standard InChI is InChI=1S/C13H15BrN2O2S/c1-2-16-12(18)10-8-9(14)4-5-11(10)15-13(16)19-7-3-6-17/h4-5,8,17H,2-3,6-7H2,1H3. The Bertz CT molecular complexity index is 642. The van der Waals surface area contributed by atoms with Crippen LogP contribution in [0.4, 0.5) is 0 Å². The van der Waals surface area contributed by atoms with Crippen molar-refractivity contribution < 1.29 is 5.11 Å². The van der Waals surface area contributed by atoms with Crippen molar-refractivity contribution in [1.29, 1.82) is 0 Å². The summed E-state index contributed by atoms with van der Waals surface area (Å²) in [6, 6.07) is 5.53. The summed E-state index contributed by atoms with van der Waals surface area (Å²) in [5.41, 5.74) is 0.699. The van der Waals surface area contributed by atoms with Crippen molar-refractivity contribution in [3.05, 3.63) is 33.0 Å². The molecule has 6 heteroatoms. The van der Waals surface area contributed by atoms with Gasteiger partial charge in [0.1, 0.15) is 0 Å². The molecular formula is C13H15BrN2O2S. The molecule has 0 bridgehead atoms. The molecule has 2 rings (SSSR count).